The van der Waals surface area contributed by atoms with Crippen molar-refractivity contribution in [3.05, 3.63) is 96.3 Å². The number of pyridine rings is 1. The molecule has 3 rings (SSSR count). The smallest absolute Gasteiger partial charge is 0.407 e. The van der Waals surface area contributed by atoms with Crippen molar-refractivity contribution in [3.8, 4) is 5.75 Å². The van der Waals surface area contributed by atoms with Crippen LogP contribution in [0.4, 0.5) is 9.59 Å². The maximum Gasteiger partial charge on any atom is 0.407 e. The molecule has 0 aliphatic carbocycles. The van der Waals surface area contributed by atoms with Crippen LogP contribution in [0.15, 0.2) is 85.2 Å². The topological polar surface area (TPSA) is 128 Å². The molecule has 0 aliphatic heterocycles. The Balaban J connectivity index is 1.79. The van der Waals surface area contributed by atoms with Crippen molar-refractivity contribution in [2.45, 2.75) is 77.8 Å². The number of alkyl carbamates (subject to hydrolysis) is 2. The number of nitrogens with zero attached hydrogens (tertiary/aromatic N) is 1. The lowest BCUT2D eigenvalue weighted by atomic mass is 9.96. The van der Waals surface area contributed by atoms with E-state index in [9.17, 15) is 14.4 Å². The summed E-state index contributed by atoms with van der Waals surface area (Å²) in [6.07, 6.45) is 2.09. The predicted molar refractivity (Wildman–Crippen MR) is 168 cm³/mol. The summed E-state index contributed by atoms with van der Waals surface area (Å²) in [7, 11) is 0. The second kappa shape index (κ2) is 16.9. The van der Waals surface area contributed by atoms with Gasteiger partial charge in [0, 0.05) is 12.6 Å². The number of hydrogen-bond acceptors (Lipinski definition) is 7. The molecule has 3 aromatic rings. The molecule has 0 spiro atoms. The fourth-order valence-corrected chi connectivity index (χ4v) is 4.32. The van der Waals surface area contributed by atoms with Gasteiger partial charge in [-0.1, -0.05) is 74.5 Å². The summed E-state index contributed by atoms with van der Waals surface area (Å²) in [4.78, 5) is 43.5. The lowest BCUT2D eigenvalue weighted by Gasteiger charge is -2.31. The van der Waals surface area contributed by atoms with Crippen LogP contribution in [0.2, 0.25) is 0 Å². The van der Waals surface area contributed by atoms with Crippen molar-refractivity contribution in [1.82, 2.24) is 20.9 Å². The van der Waals surface area contributed by atoms with E-state index in [0.717, 1.165) is 11.1 Å². The molecule has 10 heteroatoms. The van der Waals surface area contributed by atoms with Crippen LogP contribution in [0.3, 0.4) is 0 Å². The zero-order chi connectivity index (χ0) is 32.0. The van der Waals surface area contributed by atoms with Crippen LogP contribution in [-0.4, -0.2) is 53.4 Å². The Bertz CT molecular complexity index is 1300. The number of nitrogens with one attached hydrogen (secondary N) is 3. The van der Waals surface area contributed by atoms with Crippen molar-refractivity contribution in [2.24, 2.45) is 5.92 Å². The van der Waals surface area contributed by atoms with Crippen LogP contribution in [-0.2, 0) is 27.3 Å². The van der Waals surface area contributed by atoms with Gasteiger partial charge in [-0.2, -0.15) is 0 Å². The van der Waals surface area contributed by atoms with Gasteiger partial charge in [0.25, 0.3) is 0 Å². The normalized spacial score (nSPS) is 13.2. The fourth-order valence-electron chi connectivity index (χ4n) is 4.32. The highest BCUT2D eigenvalue weighted by atomic mass is 16.6. The first-order valence-electron chi connectivity index (χ1n) is 14.8. The van der Waals surface area contributed by atoms with E-state index in [1.54, 1.807) is 45.3 Å². The first-order valence-corrected chi connectivity index (χ1v) is 14.8. The summed E-state index contributed by atoms with van der Waals surface area (Å²) in [6, 6.07) is 20.5. The van der Waals surface area contributed by atoms with E-state index in [0.29, 0.717) is 12.2 Å². The molecule has 0 saturated carbocycles. The van der Waals surface area contributed by atoms with E-state index in [-0.39, 0.29) is 37.5 Å². The Hall–Kier alpha value is -4.60. The predicted octanol–water partition coefficient (Wildman–Crippen LogP) is 5.42. The van der Waals surface area contributed by atoms with Crippen molar-refractivity contribution in [3.63, 3.8) is 0 Å². The maximum atomic E-state index is 13.5. The molecule has 1 aromatic heterocycles. The average molecular weight is 605 g/mol. The minimum atomic E-state index is -0.835. The van der Waals surface area contributed by atoms with E-state index in [2.05, 4.69) is 20.9 Å². The summed E-state index contributed by atoms with van der Waals surface area (Å²) >= 11 is 0. The van der Waals surface area contributed by atoms with Gasteiger partial charge in [-0.25, -0.2) is 9.59 Å². The summed E-state index contributed by atoms with van der Waals surface area (Å²) in [5, 5.41) is 8.76. The number of ether oxygens (including phenoxy) is 3. The molecule has 3 amide bonds. The fraction of sp³-hybridized carbons (Fsp3) is 0.412. The Morgan fingerprint density at radius 3 is 2.00 bits per heavy atom. The van der Waals surface area contributed by atoms with Gasteiger partial charge in [-0.3, -0.25) is 9.78 Å². The molecule has 3 atom stereocenters. The highest BCUT2D eigenvalue weighted by molar-refractivity contribution is 5.78. The second-order valence-electron chi connectivity index (χ2n) is 11.9. The van der Waals surface area contributed by atoms with Gasteiger partial charge in [0.05, 0.1) is 24.3 Å². The molecule has 0 aliphatic rings. The number of benzene rings is 2. The first kappa shape index (κ1) is 33.9. The van der Waals surface area contributed by atoms with Crippen molar-refractivity contribution in [1.29, 1.82) is 0 Å². The van der Waals surface area contributed by atoms with E-state index < -0.39 is 29.9 Å². The zero-order valence-electron chi connectivity index (χ0n) is 26.1. The molecular formula is C34H44N4O6. The van der Waals surface area contributed by atoms with Crippen LogP contribution in [0.1, 0.15) is 52.2 Å². The number of rotatable bonds is 14. The van der Waals surface area contributed by atoms with Crippen LogP contribution >= 0.6 is 0 Å². The SMILES string of the molecule is CC(C)[C@H](COc1cccnc1)NC(=O)C[C@H](NC(=O)OCc1ccccc1)[C@H](Cc1ccccc1)NC(=O)OC(C)(C)C. The molecule has 1 heterocycles. The minimum Gasteiger partial charge on any atom is -0.490 e. The quantitative estimate of drug-likeness (QED) is 0.224. The van der Waals surface area contributed by atoms with Crippen molar-refractivity contribution >= 4 is 18.1 Å². The lowest BCUT2D eigenvalue weighted by molar-refractivity contribution is -0.123. The van der Waals surface area contributed by atoms with Crippen LogP contribution in [0.25, 0.3) is 0 Å². The highest BCUT2D eigenvalue weighted by Crippen LogP contribution is 2.14. The third-order valence-corrected chi connectivity index (χ3v) is 6.62. The van der Waals surface area contributed by atoms with E-state index in [1.165, 1.54) is 0 Å². The number of carbonyl (C=O) groups is 3. The lowest BCUT2D eigenvalue weighted by Crippen LogP contribution is -2.56. The summed E-state index contributed by atoms with van der Waals surface area (Å²) in [5.41, 5.74) is 0.982. The van der Waals surface area contributed by atoms with Crippen molar-refractivity contribution in [2.75, 3.05) is 6.61 Å². The molecule has 44 heavy (non-hydrogen) atoms. The molecule has 10 nitrogen and oxygen atoms in total. The van der Waals surface area contributed by atoms with Crippen LogP contribution < -0.4 is 20.7 Å². The van der Waals surface area contributed by atoms with Gasteiger partial charge in [0.1, 0.15) is 24.6 Å². The van der Waals surface area contributed by atoms with Gasteiger partial charge < -0.3 is 30.2 Å². The van der Waals surface area contributed by atoms with E-state index >= 15 is 0 Å². The number of aromatic nitrogens is 1. The third-order valence-electron chi connectivity index (χ3n) is 6.62. The van der Waals surface area contributed by atoms with Crippen molar-refractivity contribution < 1.29 is 28.6 Å². The van der Waals surface area contributed by atoms with E-state index in [4.69, 9.17) is 14.2 Å². The molecule has 0 radical (unpaired) electrons. The first-order chi connectivity index (χ1) is 21.0. The molecule has 3 N–H and O–H groups in total. The highest BCUT2D eigenvalue weighted by Gasteiger charge is 2.31. The van der Waals surface area contributed by atoms with Gasteiger partial charge in [-0.15, -0.1) is 0 Å². The van der Waals surface area contributed by atoms with Crippen LogP contribution in [0, 0.1) is 5.92 Å². The minimum absolute atomic E-state index is 0.0511. The van der Waals surface area contributed by atoms with Gasteiger partial charge in [0.15, 0.2) is 0 Å². The zero-order valence-corrected chi connectivity index (χ0v) is 26.1. The largest absolute Gasteiger partial charge is 0.490 e. The monoisotopic (exact) mass is 604 g/mol. The molecular weight excluding hydrogens is 560 g/mol. The third kappa shape index (κ3) is 12.7. The molecule has 0 unspecified atom stereocenters. The standard InChI is InChI=1S/C34H44N4O6/c1-24(2)30(23-42-27-17-12-18-35-21-27)36-31(39)20-29(37-32(40)43-22-26-15-10-7-11-16-26)28(19-25-13-8-6-9-14-25)38-33(41)44-34(3,4)5/h6-18,21,24,28-30H,19-20,22-23H2,1-5H3,(H,36,39)(H,37,40)(H,38,41)/t28-,29-,30-/m0/s1. The summed E-state index contributed by atoms with van der Waals surface area (Å²) in [5.74, 6) is 0.325. The molecule has 0 bridgehead atoms. The summed E-state index contributed by atoms with van der Waals surface area (Å²) in [6.45, 7) is 9.55. The Labute approximate surface area is 259 Å². The molecule has 0 saturated heterocycles. The van der Waals surface area contributed by atoms with Gasteiger partial charge >= 0.3 is 12.2 Å². The average Bonchev–Trinajstić information content (AvgIpc) is 2.98. The molecule has 236 valence electrons. The molecule has 0 fully saturated rings. The number of amides is 3. The Morgan fingerprint density at radius 2 is 1.41 bits per heavy atom. The Kier molecular flexibility index (Phi) is 13.0. The van der Waals surface area contributed by atoms with Gasteiger partial charge in [-0.05, 0) is 56.4 Å². The van der Waals surface area contributed by atoms with E-state index in [1.807, 2.05) is 74.5 Å². The second-order valence-corrected chi connectivity index (χ2v) is 11.9. The summed E-state index contributed by atoms with van der Waals surface area (Å²) < 4.78 is 16.9. The Morgan fingerprint density at radius 1 is 0.773 bits per heavy atom. The van der Waals surface area contributed by atoms with Gasteiger partial charge in [0.2, 0.25) is 5.91 Å². The maximum absolute atomic E-state index is 13.5. The van der Waals surface area contributed by atoms with Crippen LogP contribution in [0.5, 0.6) is 5.75 Å². The molecule has 2 aromatic carbocycles. The number of carbonyl (C=O) groups excluding carboxylic acids is 3. The number of hydrogen-bond donors (Lipinski definition) is 3.